The van der Waals surface area contributed by atoms with E-state index >= 15 is 0 Å². The number of rotatable bonds is 5. The Labute approximate surface area is 186 Å². The van der Waals surface area contributed by atoms with Gasteiger partial charge in [-0.1, -0.05) is 25.0 Å². The molecule has 0 N–H and O–H groups in total. The van der Waals surface area contributed by atoms with Crippen LogP contribution in [0.2, 0.25) is 0 Å². The van der Waals surface area contributed by atoms with Gasteiger partial charge >= 0.3 is 0 Å². The zero-order valence-electron chi connectivity index (χ0n) is 18.4. The van der Waals surface area contributed by atoms with Gasteiger partial charge in [0.1, 0.15) is 10.6 Å². The first-order chi connectivity index (χ1) is 15.0. The van der Waals surface area contributed by atoms with Crippen LogP contribution in [0.3, 0.4) is 0 Å². The van der Waals surface area contributed by atoms with E-state index in [-0.39, 0.29) is 17.5 Å². The lowest BCUT2D eigenvalue weighted by atomic mass is 10.0. The number of thiophene rings is 1. The molecule has 4 rings (SSSR count). The van der Waals surface area contributed by atoms with E-state index in [0.717, 1.165) is 58.8 Å². The Kier molecular flexibility index (Phi) is 6.41. The van der Waals surface area contributed by atoms with Crippen LogP contribution in [0.15, 0.2) is 35.4 Å². The van der Waals surface area contributed by atoms with Gasteiger partial charge in [0.2, 0.25) is 5.91 Å². The summed E-state index contributed by atoms with van der Waals surface area (Å²) in [5.74, 6) is 0.907. The summed E-state index contributed by atoms with van der Waals surface area (Å²) < 4.78 is 6.86. The van der Waals surface area contributed by atoms with Crippen molar-refractivity contribution in [2.45, 2.75) is 58.5 Å². The first-order valence-electron chi connectivity index (χ1n) is 10.9. The minimum Gasteiger partial charge on any atom is -0.497 e. The largest absolute Gasteiger partial charge is 0.497 e. The van der Waals surface area contributed by atoms with Crippen molar-refractivity contribution in [2.24, 2.45) is 0 Å². The van der Waals surface area contributed by atoms with Crippen LogP contribution in [0.4, 0.5) is 0 Å². The Bertz CT molecular complexity index is 1130. The molecule has 3 aromatic rings. The summed E-state index contributed by atoms with van der Waals surface area (Å²) in [6, 6.07) is 8.08. The third-order valence-electron chi connectivity index (χ3n) is 6.30. The predicted octanol–water partition coefficient (Wildman–Crippen LogP) is 4.62. The molecule has 1 amide bonds. The number of hydrogen-bond acceptors (Lipinski definition) is 5. The van der Waals surface area contributed by atoms with Crippen LogP contribution in [0, 0.1) is 13.8 Å². The summed E-state index contributed by atoms with van der Waals surface area (Å²) in [5, 5.41) is 0.684. The van der Waals surface area contributed by atoms with Gasteiger partial charge in [-0.25, -0.2) is 4.98 Å². The molecule has 1 aliphatic heterocycles. The van der Waals surface area contributed by atoms with Crippen LogP contribution in [-0.2, 0) is 11.3 Å². The third kappa shape index (κ3) is 4.37. The number of hydrogen-bond donors (Lipinski definition) is 0. The second-order valence-corrected chi connectivity index (χ2v) is 9.39. The molecule has 1 aliphatic rings. The molecule has 164 valence electrons. The minimum atomic E-state index is -0.0535. The van der Waals surface area contributed by atoms with Crippen molar-refractivity contribution in [3.63, 3.8) is 0 Å². The highest BCUT2D eigenvalue weighted by atomic mass is 32.1. The van der Waals surface area contributed by atoms with Crippen LogP contribution in [0.25, 0.3) is 10.2 Å². The second-order valence-electron chi connectivity index (χ2n) is 8.18. The van der Waals surface area contributed by atoms with Crippen molar-refractivity contribution in [2.75, 3.05) is 13.7 Å². The van der Waals surface area contributed by atoms with Crippen molar-refractivity contribution in [1.82, 2.24) is 14.5 Å². The highest BCUT2D eigenvalue weighted by molar-refractivity contribution is 7.18. The number of aryl methyl sites for hydroxylation is 3. The van der Waals surface area contributed by atoms with Crippen molar-refractivity contribution < 1.29 is 9.53 Å². The Morgan fingerprint density at radius 2 is 1.97 bits per heavy atom. The normalized spacial score (nSPS) is 17.0. The van der Waals surface area contributed by atoms with Crippen molar-refractivity contribution >= 4 is 27.5 Å². The molecule has 1 atom stereocenters. The Balaban J connectivity index is 1.53. The first-order valence-corrected chi connectivity index (χ1v) is 11.7. The van der Waals surface area contributed by atoms with Crippen molar-refractivity contribution in [3.8, 4) is 5.75 Å². The van der Waals surface area contributed by atoms with Crippen LogP contribution >= 0.6 is 11.3 Å². The lowest BCUT2D eigenvalue weighted by Crippen LogP contribution is -2.36. The van der Waals surface area contributed by atoms with E-state index in [2.05, 4.69) is 17.1 Å². The molecular weight excluding hydrogens is 410 g/mol. The molecule has 0 spiro atoms. The number of amides is 1. The number of carbonyl (C=O) groups excluding carboxylic acids is 1. The molecule has 1 aromatic carbocycles. The number of carbonyl (C=O) groups is 1. The van der Waals surface area contributed by atoms with E-state index in [1.54, 1.807) is 29.3 Å². The molecule has 2 aromatic heterocycles. The van der Waals surface area contributed by atoms with E-state index in [0.29, 0.717) is 18.4 Å². The SMILES string of the molecule is COc1ccc(C2CCCCCN2C(=O)CCn2cnc3sc(C)c(C)c3c2=O)cc1. The lowest BCUT2D eigenvalue weighted by molar-refractivity contribution is -0.133. The predicted molar refractivity (Wildman–Crippen MR) is 124 cm³/mol. The molecule has 7 heteroatoms. The summed E-state index contributed by atoms with van der Waals surface area (Å²) in [7, 11) is 1.66. The number of likely N-dealkylation sites (tertiary alicyclic amines) is 1. The van der Waals surface area contributed by atoms with Gasteiger partial charge in [0.15, 0.2) is 0 Å². The summed E-state index contributed by atoms with van der Waals surface area (Å²) in [6.45, 7) is 5.07. The number of nitrogens with zero attached hydrogens (tertiary/aromatic N) is 3. The molecule has 3 heterocycles. The third-order valence-corrected chi connectivity index (χ3v) is 7.41. The van der Waals surface area contributed by atoms with E-state index in [9.17, 15) is 9.59 Å². The number of methoxy groups -OCH3 is 1. The summed E-state index contributed by atoms with van der Waals surface area (Å²) in [4.78, 5) is 34.5. The number of ether oxygens (including phenoxy) is 1. The standard InChI is InChI=1S/C24H29N3O3S/c1-16-17(2)31-23-22(16)24(29)26(15-25-23)14-12-21(28)27-13-6-4-5-7-20(27)18-8-10-19(30-3)11-9-18/h8-11,15,20H,4-7,12-14H2,1-3H3. The van der Waals surface area contributed by atoms with E-state index < -0.39 is 0 Å². The summed E-state index contributed by atoms with van der Waals surface area (Å²) in [5.41, 5.74) is 2.08. The van der Waals surface area contributed by atoms with E-state index in [1.165, 1.54) is 0 Å². The van der Waals surface area contributed by atoms with Crippen molar-refractivity contribution in [1.29, 1.82) is 0 Å². The average Bonchev–Trinajstić information content (AvgIpc) is 2.95. The highest BCUT2D eigenvalue weighted by Gasteiger charge is 2.26. The maximum absolute atomic E-state index is 13.2. The van der Waals surface area contributed by atoms with Crippen LogP contribution in [0.5, 0.6) is 5.75 Å². The smallest absolute Gasteiger partial charge is 0.262 e. The van der Waals surface area contributed by atoms with Crippen molar-refractivity contribution in [3.05, 3.63) is 57.0 Å². The van der Waals surface area contributed by atoms with Crippen LogP contribution in [0.1, 0.15) is 54.1 Å². The molecule has 6 nitrogen and oxygen atoms in total. The van der Waals surface area contributed by atoms with Gasteiger partial charge in [-0.15, -0.1) is 11.3 Å². The Morgan fingerprint density at radius 1 is 1.19 bits per heavy atom. The molecule has 0 aliphatic carbocycles. The van der Waals surface area contributed by atoms with E-state index in [1.807, 2.05) is 30.9 Å². The molecular formula is C24H29N3O3S. The van der Waals surface area contributed by atoms with Gasteiger partial charge < -0.3 is 9.64 Å². The van der Waals surface area contributed by atoms with Crippen LogP contribution in [-0.4, -0.2) is 34.0 Å². The molecule has 1 saturated heterocycles. The van der Waals surface area contributed by atoms with Gasteiger partial charge in [-0.05, 0) is 49.9 Å². The maximum atomic E-state index is 13.2. The van der Waals surface area contributed by atoms with Gasteiger partial charge in [0, 0.05) is 24.4 Å². The fraction of sp³-hybridized carbons (Fsp3) is 0.458. The molecule has 0 saturated carbocycles. The Morgan fingerprint density at radius 3 is 2.71 bits per heavy atom. The van der Waals surface area contributed by atoms with Crippen LogP contribution < -0.4 is 10.3 Å². The topological polar surface area (TPSA) is 64.4 Å². The number of benzene rings is 1. The molecule has 0 bridgehead atoms. The molecule has 0 radical (unpaired) electrons. The zero-order chi connectivity index (χ0) is 22.0. The Hall–Kier alpha value is -2.67. The minimum absolute atomic E-state index is 0.0535. The summed E-state index contributed by atoms with van der Waals surface area (Å²) >= 11 is 1.54. The fourth-order valence-corrected chi connectivity index (χ4v) is 5.36. The first kappa shape index (κ1) is 21.6. The van der Waals surface area contributed by atoms with Gasteiger partial charge in [-0.3, -0.25) is 14.2 Å². The number of aromatic nitrogens is 2. The summed E-state index contributed by atoms with van der Waals surface area (Å²) in [6.07, 6.45) is 6.08. The quantitative estimate of drug-likeness (QED) is 0.582. The van der Waals surface area contributed by atoms with Gasteiger partial charge in [0.25, 0.3) is 5.56 Å². The second kappa shape index (κ2) is 9.22. The molecule has 1 fully saturated rings. The zero-order valence-corrected chi connectivity index (χ0v) is 19.2. The maximum Gasteiger partial charge on any atom is 0.262 e. The van der Waals surface area contributed by atoms with E-state index in [4.69, 9.17) is 4.74 Å². The monoisotopic (exact) mass is 439 g/mol. The van der Waals surface area contributed by atoms with Gasteiger partial charge in [0.05, 0.1) is 24.9 Å². The molecule has 1 unspecified atom stereocenters. The van der Waals surface area contributed by atoms with Gasteiger partial charge in [-0.2, -0.15) is 0 Å². The fourth-order valence-electron chi connectivity index (χ4n) is 4.37. The molecule has 31 heavy (non-hydrogen) atoms. The highest BCUT2D eigenvalue weighted by Crippen LogP contribution is 2.32. The average molecular weight is 440 g/mol. The lowest BCUT2D eigenvalue weighted by Gasteiger charge is -2.31. The number of fused-ring (bicyclic) bond motifs is 1.